The van der Waals surface area contributed by atoms with Gasteiger partial charge in [0, 0.05) is 43.9 Å². The Morgan fingerprint density at radius 2 is 1.67 bits per heavy atom. The average Bonchev–Trinajstić information content (AvgIpc) is 3.27. The highest BCUT2D eigenvalue weighted by Gasteiger charge is 2.24. The number of fused-ring (bicyclic) bond motifs is 1. The van der Waals surface area contributed by atoms with Crippen LogP contribution in [-0.4, -0.2) is 61.7 Å². The molecule has 0 saturated carbocycles. The van der Waals surface area contributed by atoms with Gasteiger partial charge in [-0.1, -0.05) is 12.1 Å². The van der Waals surface area contributed by atoms with Crippen LogP contribution >= 0.6 is 0 Å². The fraction of sp³-hybridized carbons (Fsp3) is 0.182. The van der Waals surface area contributed by atoms with Crippen molar-refractivity contribution in [3.63, 3.8) is 0 Å². The van der Waals surface area contributed by atoms with Gasteiger partial charge in [-0.15, -0.1) is 15.3 Å². The molecule has 0 N–H and O–H groups in total. The van der Waals surface area contributed by atoms with Crippen molar-refractivity contribution in [3.05, 3.63) is 82.2 Å². The number of hydrogen-bond acceptors (Lipinski definition) is 7. The second kappa shape index (κ2) is 8.26. The molecule has 1 amide bonds. The molecule has 1 saturated heterocycles. The summed E-state index contributed by atoms with van der Waals surface area (Å²) < 4.78 is 15.8. The molecule has 1 fully saturated rings. The van der Waals surface area contributed by atoms with E-state index in [-0.39, 0.29) is 11.6 Å². The maximum atomic E-state index is 14.3. The molecule has 11 heteroatoms. The Kier molecular flexibility index (Phi) is 5.13. The lowest BCUT2D eigenvalue weighted by molar-refractivity contribution is -0.384. The molecule has 0 unspecified atom stereocenters. The lowest BCUT2D eigenvalue weighted by Gasteiger charge is -2.35. The number of nitrogens with zero attached hydrogens (tertiary/aromatic N) is 7. The first-order valence-electron chi connectivity index (χ1n) is 10.3. The quantitative estimate of drug-likeness (QED) is 0.349. The lowest BCUT2D eigenvalue weighted by Crippen LogP contribution is -2.49. The van der Waals surface area contributed by atoms with Gasteiger partial charge in [0.2, 0.25) is 0 Å². The number of non-ortho nitro benzene ring substituents is 1. The largest absolute Gasteiger partial charge is 0.352 e. The molecular formula is C22H18FN7O3. The number of halogens is 1. The van der Waals surface area contributed by atoms with Crippen LogP contribution < -0.4 is 4.90 Å². The van der Waals surface area contributed by atoms with Crippen LogP contribution in [0.3, 0.4) is 0 Å². The van der Waals surface area contributed by atoms with Crippen LogP contribution in [0.5, 0.6) is 0 Å². The second-order valence-electron chi connectivity index (χ2n) is 7.55. The summed E-state index contributed by atoms with van der Waals surface area (Å²) >= 11 is 0. The van der Waals surface area contributed by atoms with E-state index in [4.69, 9.17) is 0 Å². The Hall–Kier alpha value is -4.41. The molecule has 0 spiro atoms. The third-order valence-corrected chi connectivity index (χ3v) is 5.58. The average molecular weight is 447 g/mol. The van der Waals surface area contributed by atoms with E-state index in [9.17, 15) is 19.3 Å². The van der Waals surface area contributed by atoms with Gasteiger partial charge in [-0.05, 0) is 36.4 Å². The molecule has 3 heterocycles. The van der Waals surface area contributed by atoms with Crippen molar-refractivity contribution in [3.8, 4) is 11.4 Å². The van der Waals surface area contributed by atoms with Crippen LogP contribution in [0, 0.1) is 15.9 Å². The van der Waals surface area contributed by atoms with Crippen molar-refractivity contribution in [2.45, 2.75) is 0 Å². The van der Waals surface area contributed by atoms with Gasteiger partial charge in [-0.25, -0.2) is 4.39 Å². The van der Waals surface area contributed by atoms with Crippen molar-refractivity contribution in [2.24, 2.45) is 0 Å². The van der Waals surface area contributed by atoms with Gasteiger partial charge in [0.25, 0.3) is 11.6 Å². The first-order valence-corrected chi connectivity index (χ1v) is 10.3. The summed E-state index contributed by atoms with van der Waals surface area (Å²) in [7, 11) is 0. The minimum Gasteiger partial charge on any atom is -0.352 e. The Morgan fingerprint density at radius 3 is 2.36 bits per heavy atom. The molecule has 5 rings (SSSR count). The number of nitro groups is 1. The molecule has 0 bridgehead atoms. The zero-order valence-corrected chi connectivity index (χ0v) is 17.3. The molecule has 2 aromatic carbocycles. The molecule has 0 aliphatic carbocycles. The van der Waals surface area contributed by atoms with Crippen molar-refractivity contribution < 1.29 is 14.1 Å². The maximum Gasteiger partial charge on any atom is 0.269 e. The number of rotatable bonds is 4. The number of aromatic nitrogens is 4. The molecule has 0 atom stereocenters. The minimum atomic E-state index is -0.496. The summed E-state index contributed by atoms with van der Waals surface area (Å²) in [5, 5.41) is 23.6. The van der Waals surface area contributed by atoms with E-state index in [1.807, 2.05) is 11.0 Å². The fourth-order valence-corrected chi connectivity index (χ4v) is 3.81. The van der Waals surface area contributed by atoms with E-state index in [0.717, 1.165) is 0 Å². The molecule has 33 heavy (non-hydrogen) atoms. The number of anilines is 1. The predicted molar refractivity (Wildman–Crippen MR) is 117 cm³/mol. The number of benzene rings is 2. The van der Waals surface area contributed by atoms with Crippen LogP contribution in [0.1, 0.15) is 10.4 Å². The fourth-order valence-electron chi connectivity index (χ4n) is 3.81. The normalized spacial score (nSPS) is 14.0. The number of carbonyl (C=O) groups excluding carboxylic acids is 1. The Bertz CT molecular complexity index is 1350. The summed E-state index contributed by atoms with van der Waals surface area (Å²) in [6.07, 6.45) is 0. The SMILES string of the molecule is O=C(c1ccc([N+](=O)[O-])cc1)N1CCN(c2ccc3nnc(-c4ccccc4F)n3n2)CC1. The zero-order valence-electron chi connectivity index (χ0n) is 17.3. The van der Waals surface area contributed by atoms with Gasteiger partial charge in [0.05, 0.1) is 10.5 Å². The van der Waals surface area contributed by atoms with E-state index in [1.165, 1.54) is 34.8 Å². The van der Waals surface area contributed by atoms with E-state index >= 15 is 0 Å². The topological polar surface area (TPSA) is 110 Å². The first kappa shape index (κ1) is 20.5. The van der Waals surface area contributed by atoms with Crippen LogP contribution in [0.25, 0.3) is 17.0 Å². The number of piperazine rings is 1. The van der Waals surface area contributed by atoms with E-state index in [1.54, 1.807) is 29.2 Å². The van der Waals surface area contributed by atoms with Crippen molar-refractivity contribution in [1.82, 2.24) is 24.7 Å². The van der Waals surface area contributed by atoms with Gasteiger partial charge in [-0.3, -0.25) is 14.9 Å². The monoisotopic (exact) mass is 447 g/mol. The second-order valence-corrected chi connectivity index (χ2v) is 7.55. The predicted octanol–water partition coefficient (Wildman–Crippen LogP) is 2.80. The summed E-state index contributed by atoms with van der Waals surface area (Å²) in [6, 6.07) is 15.5. The Balaban J connectivity index is 1.32. The molecular weight excluding hydrogens is 429 g/mol. The van der Waals surface area contributed by atoms with Crippen molar-refractivity contribution in [1.29, 1.82) is 0 Å². The van der Waals surface area contributed by atoms with E-state index < -0.39 is 10.7 Å². The summed E-state index contributed by atoms with van der Waals surface area (Å²) in [5.74, 6) is 0.408. The lowest BCUT2D eigenvalue weighted by atomic mass is 10.1. The van der Waals surface area contributed by atoms with E-state index in [0.29, 0.717) is 54.6 Å². The highest BCUT2D eigenvalue weighted by Crippen LogP contribution is 2.23. The van der Waals surface area contributed by atoms with Crippen LogP contribution in [0.4, 0.5) is 15.9 Å². The minimum absolute atomic E-state index is 0.0541. The summed E-state index contributed by atoms with van der Waals surface area (Å²) in [5.41, 5.74) is 1.17. The Labute approximate surface area is 187 Å². The molecule has 1 aliphatic rings. The van der Waals surface area contributed by atoms with E-state index in [2.05, 4.69) is 15.3 Å². The number of carbonyl (C=O) groups is 1. The van der Waals surface area contributed by atoms with Gasteiger partial charge >= 0.3 is 0 Å². The Morgan fingerprint density at radius 1 is 0.939 bits per heavy atom. The zero-order chi connectivity index (χ0) is 22.9. The molecule has 1 aliphatic heterocycles. The van der Waals surface area contributed by atoms with Crippen LogP contribution in [0.2, 0.25) is 0 Å². The van der Waals surface area contributed by atoms with Gasteiger partial charge < -0.3 is 9.80 Å². The van der Waals surface area contributed by atoms with Gasteiger partial charge in [0.15, 0.2) is 11.5 Å². The first-order chi connectivity index (χ1) is 16.0. The number of nitro benzene ring substituents is 1. The molecule has 166 valence electrons. The molecule has 10 nitrogen and oxygen atoms in total. The molecule has 0 radical (unpaired) electrons. The van der Waals surface area contributed by atoms with Crippen molar-refractivity contribution in [2.75, 3.05) is 31.1 Å². The number of amides is 1. The highest BCUT2D eigenvalue weighted by atomic mass is 19.1. The maximum absolute atomic E-state index is 14.3. The third-order valence-electron chi connectivity index (χ3n) is 5.58. The van der Waals surface area contributed by atoms with Crippen LogP contribution in [0.15, 0.2) is 60.7 Å². The summed E-state index contributed by atoms with van der Waals surface area (Å²) in [6.45, 7) is 2.04. The number of hydrogen-bond donors (Lipinski definition) is 0. The third kappa shape index (κ3) is 3.84. The van der Waals surface area contributed by atoms with Crippen LogP contribution in [-0.2, 0) is 0 Å². The molecule has 2 aromatic heterocycles. The molecule has 4 aromatic rings. The van der Waals surface area contributed by atoms with Gasteiger partial charge in [-0.2, -0.15) is 4.52 Å². The summed E-state index contributed by atoms with van der Waals surface area (Å²) in [4.78, 5) is 26.8. The van der Waals surface area contributed by atoms with Crippen molar-refractivity contribution >= 4 is 23.1 Å². The van der Waals surface area contributed by atoms with Gasteiger partial charge in [0.1, 0.15) is 11.6 Å². The standard InChI is InChI=1S/C22H18FN7O3/c23-18-4-2-1-3-17(18)21-25-24-19-9-10-20(26-29(19)21)27-11-13-28(14-12-27)22(31)15-5-7-16(8-6-15)30(32)33/h1-10H,11-14H2. The smallest absolute Gasteiger partial charge is 0.269 e. The highest BCUT2D eigenvalue weighted by molar-refractivity contribution is 5.94.